The first-order valence-corrected chi connectivity index (χ1v) is 8.96. The smallest absolute Gasteiger partial charge is 0.251 e. The summed E-state index contributed by atoms with van der Waals surface area (Å²) in [5, 5.41) is 2.92. The van der Waals surface area contributed by atoms with E-state index >= 15 is 0 Å². The molecule has 3 aromatic rings. The van der Waals surface area contributed by atoms with E-state index in [1.807, 2.05) is 59.4 Å². The van der Waals surface area contributed by atoms with Crippen molar-refractivity contribution >= 4 is 11.9 Å². The summed E-state index contributed by atoms with van der Waals surface area (Å²) in [5.74, 6) is 0.557. The van der Waals surface area contributed by atoms with Gasteiger partial charge in [0.15, 0.2) is 0 Å². The summed E-state index contributed by atoms with van der Waals surface area (Å²) in [6, 6.07) is 13.3. The lowest BCUT2D eigenvalue weighted by atomic mass is 10.2. The standard InChI is InChI=1S/C20H21N5O2/c26-19(16-3-5-18(6-4-16)24-9-1-2-10-24)22-15-17-7-8-21-20(23-17)25-11-13-27-14-12-25/h1-10H,11-15H2,(H,22,26). The lowest BCUT2D eigenvalue weighted by Gasteiger charge is -2.26. The van der Waals surface area contributed by atoms with Gasteiger partial charge in [0.1, 0.15) is 0 Å². The van der Waals surface area contributed by atoms with Gasteiger partial charge in [-0.1, -0.05) is 0 Å². The summed E-state index contributed by atoms with van der Waals surface area (Å²) in [7, 11) is 0. The van der Waals surface area contributed by atoms with E-state index in [0.29, 0.717) is 31.3 Å². The highest BCUT2D eigenvalue weighted by Gasteiger charge is 2.14. The van der Waals surface area contributed by atoms with Gasteiger partial charge in [0, 0.05) is 42.9 Å². The summed E-state index contributed by atoms with van der Waals surface area (Å²) >= 11 is 0. The highest BCUT2D eigenvalue weighted by Crippen LogP contribution is 2.12. The fraction of sp³-hybridized carbons (Fsp3) is 0.250. The van der Waals surface area contributed by atoms with Crippen molar-refractivity contribution in [1.82, 2.24) is 19.9 Å². The maximum atomic E-state index is 12.4. The minimum atomic E-state index is -0.124. The molecule has 27 heavy (non-hydrogen) atoms. The molecule has 1 amide bonds. The third-order valence-corrected chi connectivity index (χ3v) is 4.46. The van der Waals surface area contributed by atoms with Crippen LogP contribution in [0.1, 0.15) is 16.1 Å². The summed E-state index contributed by atoms with van der Waals surface area (Å²) in [5.41, 5.74) is 2.42. The molecule has 1 saturated heterocycles. The van der Waals surface area contributed by atoms with Crippen LogP contribution >= 0.6 is 0 Å². The summed E-state index contributed by atoms with van der Waals surface area (Å²) < 4.78 is 7.35. The third-order valence-electron chi connectivity index (χ3n) is 4.46. The number of benzene rings is 1. The molecule has 2 aromatic heterocycles. The molecule has 4 rings (SSSR count). The van der Waals surface area contributed by atoms with E-state index in [1.165, 1.54) is 0 Å². The van der Waals surface area contributed by atoms with Crippen LogP contribution in [0, 0.1) is 0 Å². The maximum Gasteiger partial charge on any atom is 0.251 e. The Labute approximate surface area is 157 Å². The average Bonchev–Trinajstić information content (AvgIpc) is 3.28. The number of hydrogen-bond acceptors (Lipinski definition) is 5. The first kappa shape index (κ1) is 17.2. The zero-order valence-corrected chi connectivity index (χ0v) is 14.9. The first-order valence-electron chi connectivity index (χ1n) is 8.96. The second-order valence-electron chi connectivity index (χ2n) is 6.27. The molecule has 138 valence electrons. The van der Waals surface area contributed by atoms with Gasteiger partial charge in [0.25, 0.3) is 5.91 Å². The minimum absolute atomic E-state index is 0.124. The summed E-state index contributed by atoms with van der Waals surface area (Å²) in [4.78, 5) is 23.4. The lowest BCUT2D eigenvalue weighted by molar-refractivity contribution is 0.0950. The van der Waals surface area contributed by atoms with Crippen molar-refractivity contribution in [3.63, 3.8) is 0 Å². The number of amides is 1. The molecule has 0 atom stereocenters. The number of aromatic nitrogens is 3. The van der Waals surface area contributed by atoms with Gasteiger partial charge in [-0.05, 0) is 42.5 Å². The monoisotopic (exact) mass is 363 g/mol. The molecule has 1 aliphatic rings. The van der Waals surface area contributed by atoms with Crippen molar-refractivity contribution in [2.75, 3.05) is 31.2 Å². The van der Waals surface area contributed by atoms with Crippen molar-refractivity contribution < 1.29 is 9.53 Å². The topological polar surface area (TPSA) is 72.3 Å². The van der Waals surface area contributed by atoms with Crippen molar-refractivity contribution in [1.29, 1.82) is 0 Å². The van der Waals surface area contributed by atoms with Crippen molar-refractivity contribution in [2.45, 2.75) is 6.54 Å². The summed E-state index contributed by atoms with van der Waals surface area (Å²) in [6.45, 7) is 3.29. The zero-order valence-electron chi connectivity index (χ0n) is 14.9. The van der Waals surface area contributed by atoms with E-state index in [9.17, 15) is 4.79 Å². The Bertz CT molecular complexity index is 887. The van der Waals surface area contributed by atoms with Gasteiger partial charge < -0.3 is 19.5 Å². The van der Waals surface area contributed by atoms with Gasteiger partial charge in [-0.15, -0.1) is 0 Å². The van der Waals surface area contributed by atoms with E-state index in [0.717, 1.165) is 24.5 Å². The Kier molecular flexibility index (Phi) is 5.11. The van der Waals surface area contributed by atoms with E-state index in [1.54, 1.807) is 6.20 Å². The normalized spacial score (nSPS) is 14.1. The molecular weight excluding hydrogens is 342 g/mol. The second-order valence-corrected chi connectivity index (χ2v) is 6.27. The predicted molar refractivity (Wildman–Crippen MR) is 102 cm³/mol. The van der Waals surface area contributed by atoms with Crippen LogP contribution in [0.5, 0.6) is 0 Å². The van der Waals surface area contributed by atoms with Gasteiger partial charge in [-0.3, -0.25) is 4.79 Å². The quantitative estimate of drug-likeness (QED) is 0.751. The Morgan fingerprint density at radius 3 is 2.56 bits per heavy atom. The molecule has 7 heteroatoms. The van der Waals surface area contributed by atoms with E-state index in [-0.39, 0.29) is 5.91 Å². The fourth-order valence-electron chi connectivity index (χ4n) is 2.96. The molecule has 0 bridgehead atoms. The van der Waals surface area contributed by atoms with Crippen LogP contribution in [0.3, 0.4) is 0 Å². The van der Waals surface area contributed by atoms with Crippen LogP contribution in [0.15, 0.2) is 61.1 Å². The number of nitrogens with zero attached hydrogens (tertiary/aromatic N) is 4. The molecule has 7 nitrogen and oxygen atoms in total. The number of hydrogen-bond donors (Lipinski definition) is 1. The van der Waals surface area contributed by atoms with Crippen LogP contribution in [0.4, 0.5) is 5.95 Å². The highest BCUT2D eigenvalue weighted by atomic mass is 16.5. The SMILES string of the molecule is O=C(NCc1ccnc(N2CCOCC2)n1)c1ccc(-n2cccc2)cc1. The molecule has 1 N–H and O–H groups in total. The number of nitrogens with one attached hydrogen (secondary N) is 1. The van der Waals surface area contributed by atoms with Crippen LogP contribution in [0.25, 0.3) is 5.69 Å². The lowest BCUT2D eigenvalue weighted by Crippen LogP contribution is -2.37. The Morgan fingerprint density at radius 2 is 1.81 bits per heavy atom. The van der Waals surface area contributed by atoms with E-state index in [2.05, 4.69) is 20.2 Å². The number of rotatable bonds is 5. The molecule has 0 unspecified atom stereocenters. The van der Waals surface area contributed by atoms with Crippen LogP contribution in [-0.4, -0.2) is 46.7 Å². The van der Waals surface area contributed by atoms with E-state index in [4.69, 9.17) is 4.74 Å². The molecule has 0 spiro atoms. The van der Waals surface area contributed by atoms with Gasteiger partial charge in [-0.25, -0.2) is 9.97 Å². The van der Waals surface area contributed by atoms with Crippen LogP contribution in [-0.2, 0) is 11.3 Å². The van der Waals surface area contributed by atoms with Gasteiger partial charge in [0.2, 0.25) is 5.95 Å². The van der Waals surface area contributed by atoms with Gasteiger partial charge in [0.05, 0.1) is 25.5 Å². The van der Waals surface area contributed by atoms with Crippen molar-refractivity contribution in [3.05, 3.63) is 72.3 Å². The largest absolute Gasteiger partial charge is 0.378 e. The molecule has 1 fully saturated rings. The third kappa shape index (κ3) is 4.15. The highest BCUT2D eigenvalue weighted by molar-refractivity contribution is 5.94. The molecule has 0 radical (unpaired) electrons. The van der Waals surface area contributed by atoms with Crippen molar-refractivity contribution in [2.24, 2.45) is 0 Å². The number of ether oxygens (including phenoxy) is 1. The summed E-state index contributed by atoms with van der Waals surface area (Å²) in [6.07, 6.45) is 5.66. The molecule has 1 aromatic carbocycles. The second kappa shape index (κ2) is 8.01. The van der Waals surface area contributed by atoms with Crippen LogP contribution < -0.4 is 10.2 Å². The fourth-order valence-corrected chi connectivity index (χ4v) is 2.96. The maximum absolute atomic E-state index is 12.4. The molecule has 1 aliphatic heterocycles. The minimum Gasteiger partial charge on any atom is -0.378 e. The van der Waals surface area contributed by atoms with Crippen molar-refractivity contribution in [3.8, 4) is 5.69 Å². The number of anilines is 1. The first-order chi connectivity index (χ1) is 13.3. The molecule has 0 aliphatic carbocycles. The average molecular weight is 363 g/mol. The van der Waals surface area contributed by atoms with Gasteiger partial charge in [-0.2, -0.15) is 0 Å². The Morgan fingerprint density at radius 1 is 1.07 bits per heavy atom. The molecule has 3 heterocycles. The number of carbonyl (C=O) groups excluding carboxylic acids is 1. The Balaban J connectivity index is 1.37. The molecular formula is C20H21N5O2. The zero-order chi connectivity index (χ0) is 18.5. The number of morpholine rings is 1. The Hall–Kier alpha value is -3.19. The van der Waals surface area contributed by atoms with Gasteiger partial charge >= 0.3 is 0 Å². The molecule has 0 saturated carbocycles. The van der Waals surface area contributed by atoms with E-state index < -0.39 is 0 Å². The van der Waals surface area contributed by atoms with Crippen LogP contribution in [0.2, 0.25) is 0 Å². The predicted octanol–water partition coefficient (Wildman–Crippen LogP) is 2.03. The number of carbonyl (C=O) groups is 1.